The van der Waals surface area contributed by atoms with Gasteiger partial charge in [0.25, 0.3) is 0 Å². The number of thioether (sulfide) groups is 1. The van der Waals surface area contributed by atoms with E-state index in [0.29, 0.717) is 5.75 Å². The molecule has 2 heterocycles. The highest BCUT2D eigenvalue weighted by Crippen LogP contribution is 2.28. The molecule has 1 atom stereocenters. The molecule has 0 spiro atoms. The largest absolute Gasteiger partial charge is 0.341 e. The van der Waals surface area contributed by atoms with Crippen LogP contribution in [0.3, 0.4) is 0 Å². The number of hydrogen-bond donors (Lipinski definition) is 0. The SMILES string of the molecule is O=S(CCSc1nnc(N2CCCCC2)n1-c1ccccc1)c1ccccc1. The zero-order chi connectivity index (χ0) is 19.2. The Labute approximate surface area is 172 Å². The Kier molecular flexibility index (Phi) is 6.44. The van der Waals surface area contributed by atoms with E-state index in [1.54, 1.807) is 11.8 Å². The number of anilines is 1. The third kappa shape index (κ3) is 4.47. The topological polar surface area (TPSA) is 51.0 Å². The summed E-state index contributed by atoms with van der Waals surface area (Å²) in [7, 11) is -0.994. The van der Waals surface area contributed by atoms with Crippen molar-refractivity contribution in [1.29, 1.82) is 0 Å². The lowest BCUT2D eigenvalue weighted by Crippen LogP contribution is -2.31. The molecule has 0 N–H and O–H groups in total. The fourth-order valence-corrected chi connectivity index (χ4v) is 5.59. The van der Waals surface area contributed by atoms with Gasteiger partial charge < -0.3 is 4.90 Å². The standard InChI is InChI=1S/C21H24N4OS2/c26-28(19-12-6-2-7-13-19)17-16-27-21-23-22-20(24-14-8-3-9-15-24)25(21)18-10-4-1-5-11-18/h1-2,4-7,10-13H,3,8-9,14-17H2. The van der Waals surface area contributed by atoms with Crippen molar-refractivity contribution in [2.24, 2.45) is 0 Å². The molecule has 0 bridgehead atoms. The summed E-state index contributed by atoms with van der Waals surface area (Å²) in [5, 5.41) is 9.85. The summed E-state index contributed by atoms with van der Waals surface area (Å²) in [6, 6.07) is 19.9. The van der Waals surface area contributed by atoms with Crippen LogP contribution in [0.25, 0.3) is 5.69 Å². The third-order valence-electron chi connectivity index (χ3n) is 4.78. The van der Waals surface area contributed by atoms with Crippen LogP contribution in [0.1, 0.15) is 19.3 Å². The number of hydrogen-bond acceptors (Lipinski definition) is 5. The first-order valence-corrected chi connectivity index (χ1v) is 12.0. The smallest absolute Gasteiger partial charge is 0.232 e. The molecule has 5 nitrogen and oxygen atoms in total. The predicted octanol–water partition coefficient (Wildman–Crippen LogP) is 4.16. The molecule has 28 heavy (non-hydrogen) atoms. The maximum atomic E-state index is 12.5. The van der Waals surface area contributed by atoms with E-state index in [4.69, 9.17) is 0 Å². The van der Waals surface area contributed by atoms with Gasteiger partial charge >= 0.3 is 0 Å². The number of piperidine rings is 1. The zero-order valence-corrected chi connectivity index (χ0v) is 17.4. The summed E-state index contributed by atoms with van der Waals surface area (Å²) < 4.78 is 14.6. The Balaban J connectivity index is 1.52. The second kappa shape index (κ2) is 9.39. The second-order valence-electron chi connectivity index (χ2n) is 6.71. The quantitative estimate of drug-likeness (QED) is 0.546. The van der Waals surface area contributed by atoms with Gasteiger partial charge in [-0.2, -0.15) is 0 Å². The lowest BCUT2D eigenvalue weighted by molar-refractivity contribution is 0.564. The van der Waals surface area contributed by atoms with Gasteiger partial charge in [-0.1, -0.05) is 48.2 Å². The summed E-state index contributed by atoms with van der Waals surface area (Å²) >= 11 is 1.62. The molecule has 4 rings (SSSR count). The summed E-state index contributed by atoms with van der Waals surface area (Å²) in [6.07, 6.45) is 3.67. The van der Waals surface area contributed by atoms with Crippen LogP contribution >= 0.6 is 11.8 Å². The first-order chi connectivity index (χ1) is 13.8. The Morgan fingerprint density at radius 1 is 0.893 bits per heavy atom. The average molecular weight is 413 g/mol. The van der Waals surface area contributed by atoms with Crippen LogP contribution in [0.5, 0.6) is 0 Å². The first kappa shape index (κ1) is 19.2. The molecule has 0 aliphatic carbocycles. The number of rotatable bonds is 7. The normalized spacial score (nSPS) is 15.5. The van der Waals surface area contributed by atoms with E-state index in [0.717, 1.165) is 40.5 Å². The van der Waals surface area contributed by atoms with Crippen molar-refractivity contribution in [3.05, 3.63) is 60.7 Å². The molecular weight excluding hydrogens is 388 g/mol. The molecule has 146 valence electrons. The summed E-state index contributed by atoms with van der Waals surface area (Å²) in [4.78, 5) is 3.21. The van der Waals surface area contributed by atoms with Crippen molar-refractivity contribution in [2.75, 3.05) is 29.5 Å². The van der Waals surface area contributed by atoms with Gasteiger partial charge in [0.2, 0.25) is 5.95 Å². The molecule has 2 aromatic carbocycles. The molecule has 1 fully saturated rings. The minimum Gasteiger partial charge on any atom is -0.341 e. The monoisotopic (exact) mass is 412 g/mol. The number of para-hydroxylation sites is 1. The predicted molar refractivity (Wildman–Crippen MR) is 116 cm³/mol. The minimum atomic E-state index is -0.994. The number of aromatic nitrogens is 3. The first-order valence-electron chi connectivity index (χ1n) is 9.65. The van der Waals surface area contributed by atoms with Crippen LogP contribution in [-0.4, -0.2) is 43.6 Å². The molecule has 0 radical (unpaired) electrons. The van der Waals surface area contributed by atoms with Crippen LogP contribution in [0.2, 0.25) is 0 Å². The van der Waals surface area contributed by atoms with Gasteiger partial charge in [0.05, 0.1) is 16.5 Å². The molecule has 1 unspecified atom stereocenters. The van der Waals surface area contributed by atoms with Crippen molar-refractivity contribution >= 4 is 28.5 Å². The van der Waals surface area contributed by atoms with Crippen LogP contribution in [0.15, 0.2) is 70.7 Å². The van der Waals surface area contributed by atoms with Gasteiger partial charge in [-0.3, -0.25) is 8.78 Å². The Morgan fingerprint density at radius 3 is 2.29 bits per heavy atom. The summed E-state index contributed by atoms with van der Waals surface area (Å²) in [6.45, 7) is 2.04. The Bertz CT molecular complexity index is 909. The zero-order valence-electron chi connectivity index (χ0n) is 15.7. The van der Waals surface area contributed by atoms with Crippen LogP contribution in [0.4, 0.5) is 5.95 Å². The molecule has 1 aliphatic heterocycles. The summed E-state index contributed by atoms with van der Waals surface area (Å²) in [5.74, 6) is 2.24. The van der Waals surface area contributed by atoms with Crippen LogP contribution in [-0.2, 0) is 10.8 Å². The average Bonchev–Trinajstić information content (AvgIpc) is 3.19. The fraction of sp³-hybridized carbons (Fsp3) is 0.333. The van der Waals surface area contributed by atoms with Gasteiger partial charge in [-0.15, -0.1) is 10.2 Å². The maximum Gasteiger partial charge on any atom is 0.232 e. The van der Waals surface area contributed by atoms with Crippen molar-refractivity contribution in [2.45, 2.75) is 29.3 Å². The highest BCUT2D eigenvalue weighted by Gasteiger charge is 2.21. The van der Waals surface area contributed by atoms with E-state index in [2.05, 4.69) is 31.8 Å². The number of benzene rings is 2. The molecule has 1 saturated heterocycles. The lowest BCUT2D eigenvalue weighted by atomic mass is 10.1. The van der Waals surface area contributed by atoms with Crippen LogP contribution < -0.4 is 4.90 Å². The lowest BCUT2D eigenvalue weighted by Gasteiger charge is -2.27. The highest BCUT2D eigenvalue weighted by atomic mass is 32.2. The Morgan fingerprint density at radius 2 is 1.57 bits per heavy atom. The van der Waals surface area contributed by atoms with Crippen molar-refractivity contribution in [3.63, 3.8) is 0 Å². The highest BCUT2D eigenvalue weighted by molar-refractivity contribution is 8.00. The molecule has 0 amide bonds. The fourth-order valence-electron chi connectivity index (χ4n) is 3.36. The number of nitrogens with zero attached hydrogens (tertiary/aromatic N) is 4. The molecule has 0 saturated carbocycles. The molecular formula is C21H24N4OS2. The third-order valence-corrected chi connectivity index (χ3v) is 7.34. The van der Waals surface area contributed by atoms with Gasteiger partial charge in [0, 0.05) is 29.5 Å². The molecule has 1 aromatic heterocycles. The van der Waals surface area contributed by atoms with Crippen molar-refractivity contribution in [1.82, 2.24) is 14.8 Å². The van der Waals surface area contributed by atoms with Gasteiger partial charge in [0.15, 0.2) is 5.16 Å². The Hall–Kier alpha value is -2.12. The van der Waals surface area contributed by atoms with Gasteiger partial charge in [0.1, 0.15) is 0 Å². The molecule has 1 aliphatic rings. The molecule has 7 heteroatoms. The van der Waals surface area contributed by atoms with E-state index >= 15 is 0 Å². The second-order valence-corrected chi connectivity index (χ2v) is 9.35. The molecule has 3 aromatic rings. The van der Waals surface area contributed by atoms with E-state index in [1.165, 1.54) is 19.3 Å². The maximum absolute atomic E-state index is 12.5. The van der Waals surface area contributed by atoms with Crippen molar-refractivity contribution < 1.29 is 4.21 Å². The summed E-state index contributed by atoms with van der Waals surface area (Å²) in [5.41, 5.74) is 1.07. The van der Waals surface area contributed by atoms with Crippen molar-refractivity contribution in [3.8, 4) is 5.69 Å². The van der Waals surface area contributed by atoms with E-state index in [9.17, 15) is 4.21 Å². The van der Waals surface area contributed by atoms with E-state index in [-0.39, 0.29) is 0 Å². The van der Waals surface area contributed by atoms with E-state index in [1.807, 2.05) is 48.5 Å². The van der Waals surface area contributed by atoms with Gasteiger partial charge in [-0.25, -0.2) is 0 Å². The van der Waals surface area contributed by atoms with Gasteiger partial charge in [-0.05, 0) is 43.5 Å². The van der Waals surface area contributed by atoms with Crippen LogP contribution in [0, 0.1) is 0 Å². The van der Waals surface area contributed by atoms with E-state index < -0.39 is 10.8 Å². The minimum absolute atomic E-state index is 0.593.